The van der Waals surface area contributed by atoms with Gasteiger partial charge in [-0.25, -0.2) is 4.79 Å². The lowest BCUT2D eigenvalue weighted by Crippen LogP contribution is -2.41. The van der Waals surface area contributed by atoms with Crippen molar-refractivity contribution in [3.63, 3.8) is 0 Å². The summed E-state index contributed by atoms with van der Waals surface area (Å²) in [5, 5.41) is 18.2. The number of hydrogen-bond acceptors (Lipinski definition) is 7. The van der Waals surface area contributed by atoms with Gasteiger partial charge in [-0.05, 0) is 45.9 Å². The van der Waals surface area contributed by atoms with Crippen molar-refractivity contribution in [2.75, 3.05) is 10.6 Å². The second-order valence-electron chi connectivity index (χ2n) is 7.58. The molecule has 0 saturated heterocycles. The third-order valence-electron chi connectivity index (χ3n) is 3.73. The van der Waals surface area contributed by atoms with Crippen LogP contribution in [-0.2, 0) is 9.53 Å². The van der Waals surface area contributed by atoms with E-state index in [9.17, 15) is 24.5 Å². The van der Waals surface area contributed by atoms with Crippen molar-refractivity contribution in [1.29, 1.82) is 0 Å². The Morgan fingerprint density at radius 3 is 2.29 bits per heavy atom. The summed E-state index contributed by atoms with van der Waals surface area (Å²) >= 11 is 0. The van der Waals surface area contributed by atoms with Gasteiger partial charge in [-0.3, -0.25) is 30.0 Å². The molecule has 0 saturated carbocycles. The molecule has 0 bridgehead atoms. The quantitative estimate of drug-likeness (QED) is 0.471. The highest BCUT2D eigenvalue weighted by Crippen LogP contribution is 2.16. The molecule has 11 heteroatoms. The number of aromatic nitrogens is 1. The van der Waals surface area contributed by atoms with Gasteiger partial charge in [-0.1, -0.05) is 0 Å². The monoisotopic (exact) mass is 429 g/mol. The molecule has 2 aromatic rings. The topological polar surface area (TPSA) is 153 Å². The number of anilines is 2. The lowest BCUT2D eigenvalue weighted by atomic mass is 10.2. The molecule has 1 aromatic heterocycles. The van der Waals surface area contributed by atoms with E-state index in [1.165, 1.54) is 49.6 Å². The van der Waals surface area contributed by atoms with E-state index < -0.39 is 34.5 Å². The van der Waals surface area contributed by atoms with Crippen molar-refractivity contribution in [1.82, 2.24) is 10.3 Å². The standard InChI is InChI=1S/C20H23N5O6/c1-12(17(26)23-14-5-7-16(8-6-14)25(29)30)22-18(27)13-9-15(11-21-10-13)24-19(28)31-20(2,3)4/h5-12H,1-4H3,(H,22,27)(H,23,26)(H,24,28). The highest BCUT2D eigenvalue weighted by atomic mass is 16.6. The van der Waals surface area contributed by atoms with E-state index in [-0.39, 0.29) is 16.9 Å². The van der Waals surface area contributed by atoms with Crippen LogP contribution in [0.5, 0.6) is 0 Å². The van der Waals surface area contributed by atoms with Gasteiger partial charge in [0, 0.05) is 24.0 Å². The number of nitro groups is 1. The maximum absolute atomic E-state index is 12.4. The Morgan fingerprint density at radius 2 is 1.71 bits per heavy atom. The van der Waals surface area contributed by atoms with Crippen LogP contribution in [0.4, 0.5) is 21.9 Å². The van der Waals surface area contributed by atoms with Crippen LogP contribution in [0.1, 0.15) is 38.1 Å². The number of carbonyl (C=O) groups excluding carboxylic acids is 3. The lowest BCUT2D eigenvalue weighted by Gasteiger charge is -2.19. The highest BCUT2D eigenvalue weighted by molar-refractivity contribution is 6.01. The Kier molecular flexibility index (Phi) is 7.24. The van der Waals surface area contributed by atoms with Crippen LogP contribution in [0.2, 0.25) is 0 Å². The number of benzene rings is 1. The molecule has 3 N–H and O–H groups in total. The molecule has 0 aliphatic heterocycles. The van der Waals surface area contributed by atoms with Crippen molar-refractivity contribution in [3.8, 4) is 0 Å². The van der Waals surface area contributed by atoms with Gasteiger partial charge >= 0.3 is 6.09 Å². The fourth-order valence-electron chi connectivity index (χ4n) is 2.32. The van der Waals surface area contributed by atoms with Crippen molar-refractivity contribution in [2.24, 2.45) is 0 Å². The minimum atomic E-state index is -0.912. The van der Waals surface area contributed by atoms with Gasteiger partial charge in [-0.2, -0.15) is 0 Å². The number of nitrogens with zero attached hydrogens (tertiary/aromatic N) is 2. The van der Waals surface area contributed by atoms with Crippen LogP contribution in [0, 0.1) is 10.1 Å². The molecule has 1 heterocycles. The van der Waals surface area contributed by atoms with E-state index in [1.807, 2.05) is 0 Å². The van der Waals surface area contributed by atoms with E-state index >= 15 is 0 Å². The van der Waals surface area contributed by atoms with E-state index in [0.29, 0.717) is 5.69 Å². The molecule has 0 spiro atoms. The van der Waals surface area contributed by atoms with Gasteiger partial charge in [0.2, 0.25) is 5.91 Å². The maximum atomic E-state index is 12.4. The smallest absolute Gasteiger partial charge is 0.412 e. The molecule has 3 amide bonds. The third kappa shape index (κ3) is 7.38. The van der Waals surface area contributed by atoms with E-state index in [0.717, 1.165) is 0 Å². The summed E-state index contributed by atoms with van der Waals surface area (Å²) < 4.78 is 5.15. The lowest BCUT2D eigenvalue weighted by molar-refractivity contribution is -0.384. The largest absolute Gasteiger partial charge is 0.444 e. The number of pyridine rings is 1. The molecule has 11 nitrogen and oxygen atoms in total. The predicted molar refractivity (Wildman–Crippen MR) is 113 cm³/mol. The molecule has 1 atom stereocenters. The normalized spacial score (nSPS) is 11.7. The fourth-order valence-corrected chi connectivity index (χ4v) is 2.32. The van der Waals surface area contributed by atoms with Crippen LogP contribution in [0.3, 0.4) is 0 Å². The fraction of sp³-hybridized carbons (Fsp3) is 0.300. The Balaban J connectivity index is 1.96. The van der Waals surface area contributed by atoms with Gasteiger partial charge in [0.25, 0.3) is 11.6 Å². The summed E-state index contributed by atoms with van der Waals surface area (Å²) in [5.41, 5.74) is -0.0547. The molecule has 0 fully saturated rings. The van der Waals surface area contributed by atoms with Crippen LogP contribution in [0.15, 0.2) is 42.7 Å². The predicted octanol–water partition coefficient (Wildman–Crippen LogP) is 3.09. The third-order valence-corrected chi connectivity index (χ3v) is 3.73. The zero-order valence-corrected chi connectivity index (χ0v) is 17.5. The molecule has 0 aliphatic rings. The molecular formula is C20H23N5O6. The van der Waals surface area contributed by atoms with Gasteiger partial charge in [0.05, 0.1) is 22.4 Å². The number of non-ortho nitro benzene ring substituents is 1. The summed E-state index contributed by atoms with van der Waals surface area (Å²) in [5.74, 6) is -1.09. The molecule has 31 heavy (non-hydrogen) atoms. The summed E-state index contributed by atoms with van der Waals surface area (Å²) in [4.78, 5) is 50.6. The second kappa shape index (κ2) is 9.65. The number of nitro benzene ring substituents is 1. The van der Waals surface area contributed by atoms with Crippen LogP contribution in [0.25, 0.3) is 0 Å². The minimum Gasteiger partial charge on any atom is -0.444 e. The van der Waals surface area contributed by atoms with Crippen LogP contribution < -0.4 is 16.0 Å². The SMILES string of the molecule is CC(NC(=O)c1cncc(NC(=O)OC(C)(C)C)c1)C(=O)Nc1ccc([N+](=O)[O-])cc1. The van der Waals surface area contributed by atoms with Gasteiger partial charge in [-0.15, -0.1) is 0 Å². The van der Waals surface area contributed by atoms with Crippen LogP contribution in [-0.4, -0.2) is 39.5 Å². The Morgan fingerprint density at radius 1 is 1.06 bits per heavy atom. The molecule has 1 aromatic carbocycles. The summed E-state index contributed by atoms with van der Waals surface area (Å²) in [7, 11) is 0. The number of hydrogen-bond donors (Lipinski definition) is 3. The van der Waals surface area contributed by atoms with Crippen molar-refractivity contribution in [3.05, 3.63) is 58.4 Å². The van der Waals surface area contributed by atoms with Gasteiger partial charge in [0.15, 0.2) is 0 Å². The van der Waals surface area contributed by atoms with Crippen molar-refractivity contribution >= 4 is 35.0 Å². The Hall–Kier alpha value is -4.02. The first-order valence-corrected chi connectivity index (χ1v) is 9.26. The molecule has 2 rings (SSSR count). The number of amides is 3. The first-order valence-electron chi connectivity index (χ1n) is 9.26. The van der Waals surface area contributed by atoms with Crippen LogP contribution >= 0.6 is 0 Å². The first kappa shape index (κ1) is 23.3. The number of rotatable bonds is 6. The summed E-state index contributed by atoms with van der Waals surface area (Å²) in [6.07, 6.45) is 1.95. The van der Waals surface area contributed by atoms with Gasteiger partial charge in [0.1, 0.15) is 11.6 Å². The second-order valence-corrected chi connectivity index (χ2v) is 7.58. The van der Waals surface area contributed by atoms with Gasteiger partial charge < -0.3 is 15.4 Å². The van der Waals surface area contributed by atoms with E-state index in [4.69, 9.17) is 4.74 Å². The molecule has 164 valence electrons. The first-order chi connectivity index (χ1) is 14.4. The Bertz CT molecular complexity index is 984. The number of carbonyl (C=O) groups is 3. The molecule has 0 radical (unpaired) electrons. The molecule has 0 aliphatic carbocycles. The molecular weight excluding hydrogens is 406 g/mol. The number of nitrogens with one attached hydrogen (secondary N) is 3. The Labute approximate surface area is 178 Å². The van der Waals surface area contributed by atoms with E-state index in [2.05, 4.69) is 20.9 Å². The molecule has 1 unspecified atom stereocenters. The average Bonchev–Trinajstić information content (AvgIpc) is 2.66. The van der Waals surface area contributed by atoms with Crippen molar-refractivity contribution in [2.45, 2.75) is 39.3 Å². The average molecular weight is 429 g/mol. The zero-order chi connectivity index (χ0) is 23.2. The summed E-state index contributed by atoms with van der Waals surface area (Å²) in [6.45, 7) is 6.64. The van der Waals surface area contributed by atoms with Crippen molar-refractivity contribution < 1.29 is 24.0 Å². The maximum Gasteiger partial charge on any atom is 0.412 e. The summed E-state index contributed by atoms with van der Waals surface area (Å²) in [6, 6.07) is 5.78. The van der Waals surface area contributed by atoms with E-state index in [1.54, 1.807) is 20.8 Å². The minimum absolute atomic E-state index is 0.105. The zero-order valence-electron chi connectivity index (χ0n) is 17.5. The highest BCUT2D eigenvalue weighted by Gasteiger charge is 2.19. The number of ether oxygens (including phenoxy) is 1.